The summed E-state index contributed by atoms with van der Waals surface area (Å²) >= 11 is 0. The number of hydrogen-bond acceptors (Lipinski definition) is 9. The Morgan fingerprint density at radius 1 is 0.557 bits per heavy atom. The Morgan fingerprint density at radius 2 is 0.967 bits per heavy atom. The molecule has 0 aliphatic carbocycles. The van der Waals surface area contributed by atoms with Gasteiger partial charge in [-0.15, -0.1) is 0 Å². The van der Waals surface area contributed by atoms with Gasteiger partial charge in [0.05, 0.1) is 19.8 Å². The first-order valence-electron chi connectivity index (χ1n) is 19.0. The molecular weight excluding hydrogens is 781 g/mol. The number of para-hydroxylation sites is 1. The van der Waals surface area contributed by atoms with Crippen molar-refractivity contribution in [3.63, 3.8) is 0 Å². The molecule has 0 radical (unpaired) electrons. The molecule has 0 unspecified atom stereocenters. The molecule has 61 heavy (non-hydrogen) atoms. The number of amides is 2. The number of ether oxygens (including phenoxy) is 1. The molecule has 4 heterocycles. The summed E-state index contributed by atoms with van der Waals surface area (Å²) in [5.74, 6) is 0.149. The predicted octanol–water partition coefficient (Wildman–Crippen LogP) is 3.80. The minimum absolute atomic E-state index is 0.0938. The normalized spacial score (nSPS) is 11.0. The van der Waals surface area contributed by atoms with Crippen molar-refractivity contribution in [3.05, 3.63) is 157 Å². The van der Waals surface area contributed by atoms with Crippen LogP contribution >= 0.6 is 0 Å². The monoisotopic (exact) mass is 822 g/mol. The fourth-order valence-electron chi connectivity index (χ4n) is 6.99. The molecule has 4 aromatic carbocycles. The summed E-state index contributed by atoms with van der Waals surface area (Å²) in [4.78, 5) is 82.4. The molecule has 2 amide bonds. The molecule has 0 saturated carbocycles. The molecule has 310 valence electrons. The van der Waals surface area contributed by atoms with Crippen LogP contribution in [0.25, 0.3) is 44.6 Å². The number of aromatic nitrogens is 8. The van der Waals surface area contributed by atoms with Gasteiger partial charge in [0.15, 0.2) is 22.3 Å². The van der Waals surface area contributed by atoms with Crippen molar-refractivity contribution in [2.45, 2.75) is 20.0 Å². The first kappa shape index (κ1) is 41.1. The fourth-order valence-corrected chi connectivity index (χ4v) is 6.99. The highest BCUT2D eigenvalue weighted by atomic mass is 16.5. The lowest BCUT2D eigenvalue weighted by Gasteiger charge is -2.10. The predicted molar refractivity (Wildman–Crippen MR) is 233 cm³/mol. The summed E-state index contributed by atoms with van der Waals surface area (Å²) in [5, 5.41) is 5.65. The molecular formula is C44H42N10O7. The first-order valence-corrected chi connectivity index (χ1v) is 19.0. The van der Waals surface area contributed by atoms with Crippen LogP contribution in [-0.4, -0.2) is 56.3 Å². The number of aryl methyl sites for hydroxylation is 3. The van der Waals surface area contributed by atoms with Gasteiger partial charge in [-0.1, -0.05) is 66.7 Å². The van der Waals surface area contributed by atoms with Crippen LogP contribution in [0.1, 0.15) is 5.56 Å². The van der Waals surface area contributed by atoms with Crippen LogP contribution in [0.15, 0.2) is 129 Å². The van der Waals surface area contributed by atoms with E-state index < -0.39 is 22.5 Å². The van der Waals surface area contributed by atoms with Gasteiger partial charge >= 0.3 is 11.4 Å². The van der Waals surface area contributed by atoms with Crippen LogP contribution in [0.3, 0.4) is 0 Å². The van der Waals surface area contributed by atoms with Crippen LogP contribution in [-0.2, 0) is 50.9 Å². The Bertz CT molecular complexity index is 3210. The number of rotatable bonds is 9. The number of fused-ring (bicyclic) bond motifs is 2. The molecule has 0 aliphatic heterocycles. The maximum absolute atomic E-state index is 12.6. The maximum atomic E-state index is 12.6. The number of carbonyl (C=O) groups excluding carboxylic acids is 2. The van der Waals surface area contributed by atoms with E-state index in [0.717, 1.165) is 37.1 Å². The van der Waals surface area contributed by atoms with E-state index in [0.29, 0.717) is 11.4 Å². The van der Waals surface area contributed by atoms with Gasteiger partial charge in [-0.25, -0.2) is 19.6 Å². The van der Waals surface area contributed by atoms with Crippen molar-refractivity contribution in [2.24, 2.45) is 28.2 Å². The Balaban J connectivity index is 0.000000184. The van der Waals surface area contributed by atoms with E-state index in [1.807, 2.05) is 72.8 Å². The van der Waals surface area contributed by atoms with Crippen molar-refractivity contribution in [3.8, 4) is 28.0 Å². The zero-order valence-electron chi connectivity index (χ0n) is 34.2. The van der Waals surface area contributed by atoms with Crippen molar-refractivity contribution in [1.29, 1.82) is 0 Å². The average Bonchev–Trinajstić information content (AvgIpc) is 3.89. The Labute approximate surface area is 347 Å². The van der Waals surface area contributed by atoms with Crippen molar-refractivity contribution < 1.29 is 14.3 Å². The zero-order valence-corrected chi connectivity index (χ0v) is 34.2. The molecule has 8 rings (SSSR count). The number of anilines is 2. The summed E-state index contributed by atoms with van der Waals surface area (Å²) in [6.45, 7) is 1.85. The van der Waals surface area contributed by atoms with Gasteiger partial charge in [0.2, 0.25) is 11.8 Å². The number of carbonyl (C=O) groups is 2. The van der Waals surface area contributed by atoms with Gasteiger partial charge in [0, 0.05) is 45.1 Å². The van der Waals surface area contributed by atoms with Crippen LogP contribution in [0.5, 0.6) is 5.75 Å². The van der Waals surface area contributed by atoms with E-state index >= 15 is 0 Å². The standard InChI is InChI=1S/C22H21N5O4.C22H21N5O3/c1-25-20-19(21(29)26(2)22(25)30)27(13-23-20)12-18(28)24-15-10-8-14(9-11-15)16-6-4-5-7-17(16)31-3;1-14-6-4-5-7-17(14)15-8-10-16(11-9-15)24-18(28)12-27-13-23-20-19(27)21(29)26(3)22(30)25(20)2/h4-11,13H,12H2,1-3H3,(H,24,28);4-11,13H,12H2,1-3H3,(H,24,28). The summed E-state index contributed by atoms with van der Waals surface area (Å²) in [5.41, 5.74) is 5.56. The van der Waals surface area contributed by atoms with Gasteiger partial charge in [-0.05, 0) is 59.5 Å². The SMILES string of the molecule is COc1ccccc1-c1ccc(NC(=O)Cn2cnc3c2c(=O)n(C)c(=O)n3C)cc1.Cc1ccccc1-c1ccc(NC(=O)Cn2cnc3c2c(=O)n(C)c(=O)n3C)cc1. The smallest absolute Gasteiger partial charge is 0.332 e. The van der Waals surface area contributed by atoms with E-state index in [1.54, 1.807) is 19.2 Å². The van der Waals surface area contributed by atoms with Crippen molar-refractivity contribution >= 4 is 45.5 Å². The lowest BCUT2D eigenvalue weighted by atomic mass is 10.0. The van der Waals surface area contributed by atoms with E-state index in [4.69, 9.17) is 4.74 Å². The third-order valence-electron chi connectivity index (χ3n) is 10.3. The van der Waals surface area contributed by atoms with E-state index in [2.05, 4.69) is 39.7 Å². The first-order chi connectivity index (χ1) is 29.3. The van der Waals surface area contributed by atoms with E-state index in [-0.39, 0.29) is 47.2 Å². The third-order valence-corrected chi connectivity index (χ3v) is 10.3. The molecule has 4 aromatic heterocycles. The minimum atomic E-state index is -0.496. The summed E-state index contributed by atoms with van der Waals surface area (Å²) < 4.78 is 12.9. The molecule has 0 bridgehead atoms. The quantitative estimate of drug-likeness (QED) is 0.218. The van der Waals surface area contributed by atoms with E-state index in [1.165, 1.54) is 64.7 Å². The number of imidazole rings is 2. The van der Waals surface area contributed by atoms with Gasteiger partial charge in [0.1, 0.15) is 18.8 Å². The topological polar surface area (TPSA) is 191 Å². The maximum Gasteiger partial charge on any atom is 0.332 e. The molecule has 17 heteroatoms. The number of nitrogens with one attached hydrogen (secondary N) is 2. The van der Waals surface area contributed by atoms with Crippen molar-refractivity contribution in [2.75, 3.05) is 17.7 Å². The number of methoxy groups -OCH3 is 1. The second-order valence-corrected chi connectivity index (χ2v) is 14.3. The van der Waals surface area contributed by atoms with Crippen molar-refractivity contribution in [1.82, 2.24) is 37.4 Å². The van der Waals surface area contributed by atoms with Gasteiger partial charge in [-0.2, -0.15) is 0 Å². The third kappa shape index (κ3) is 8.16. The lowest BCUT2D eigenvalue weighted by molar-refractivity contribution is -0.117. The second-order valence-electron chi connectivity index (χ2n) is 14.3. The van der Waals surface area contributed by atoms with Gasteiger partial charge < -0.3 is 24.5 Å². The molecule has 8 aromatic rings. The molecule has 0 saturated heterocycles. The van der Waals surface area contributed by atoms with Crippen LogP contribution in [0, 0.1) is 6.92 Å². The van der Waals surface area contributed by atoms with E-state index in [9.17, 15) is 28.8 Å². The largest absolute Gasteiger partial charge is 0.496 e. The molecule has 2 N–H and O–H groups in total. The molecule has 0 fully saturated rings. The lowest BCUT2D eigenvalue weighted by Crippen LogP contribution is -2.37. The molecule has 17 nitrogen and oxygen atoms in total. The number of hydrogen-bond donors (Lipinski definition) is 2. The highest BCUT2D eigenvalue weighted by molar-refractivity contribution is 5.92. The van der Waals surface area contributed by atoms with Crippen LogP contribution < -0.4 is 37.9 Å². The highest BCUT2D eigenvalue weighted by Crippen LogP contribution is 2.30. The Hall–Kier alpha value is -8.08. The van der Waals surface area contributed by atoms with Gasteiger partial charge in [-0.3, -0.25) is 37.4 Å². The second kappa shape index (κ2) is 17.0. The molecule has 0 atom stereocenters. The summed E-state index contributed by atoms with van der Waals surface area (Å²) in [7, 11) is 7.49. The number of nitrogens with zero attached hydrogens (tertiary/aromatic N) is 8. The number of benzene rings is 4. The minimum Gasteiger partial charge on any atom is -0.496 e. The Kier molecular flexibility index (Phi) is 11.5. The van der Waals surface area contributed by atoms with Crippen LogP contribution in [0.4, 0.5) is 11.4 Å². The van der Waals surface area contributed by atoms with Crippen LogP contribution in [0.2, 0.25) is 0 Å². The fraction of sp³-hybridized carbons (Fsp3) is 0.182. The zero-order chi connectivity index (χ0) is 43.5. The van der Waals surface area contributed by atoms with Gasteiger partial charge in [0.25, 0.3) is 11.1 Å². The molecule has 0 spiro atoms. The summed E-state index contributed by atoms with van der Waals surface area (Å²) in [6.07, 6.45) is 2.78. The summed E-state index contributed by atoms with van der Waals surface area (Å²) in [6, 6.07) is 30.8. The Morgan fingerprint density at radius 3 is 1.41 bits per heavy atom. The highest BCUT2D eigenvalue weighted by Gasteiger charge is 2.18. The molecule has 0 aliphatic rings. The average molecular weight is 823 g/mol.